The largest absolute Gasteiger partial charge is 0.317 e. The summed E-state index contributed by atoms with van der Waals surface area (Å²) in [5.74, 6) is 0. The average molecular weight is 315 g/mol. The number of hydrogen-bond donors (Lipinski definition) is 4. The molecular weight excluding hydrogens is 272 g/mol. The van der Waals surface area contributed by atoms with Gasteiger partial charge >= 0.3 is 0 Å². The quantitative estimate of drug-likeness (QED) is 0.294. The minimum absolute atomic E-state index is 0.672. The van der Waals surface area contributed by atoms with Crippen LogP contribution in [0.4, 0.5) is 0 Å². The molecule has 4 heteroatoms. The van der Waals surface area contributed by atoms with Crippen LogP contribution in [0.3, 0.4) is 0 Å². The highest BCUT2D eigenvalue weighted by Gasteiger charge is 2.00. The number of hydrogen-bond acceptors (Lipinski definition) is 4. The molecule has 4 N–H and O–H groups in total. The first kappa shape index (κ1) is 21.8. The summed E-state index contributed by atoms with van der Waals surface area (Å²) in [5, 5.41) is 13.9. The summed E-state index contributed by atoms with van der Waals surface area (Å²) < 4.78 is 0. The minimum atomic E-state index is 0.672. The summed E-state index contributed by atoms with van der Waals surface area (Å²) >= 11 is 0. The van der Waals surface area contributed by atoms with Crippen molar-refractivity contribution in [2.75, 3.05) is 45.8 Å². The van der Waals surface area contributed by atoms with E-state index in [1.54, 1.807) is 0 Å². The minimum Gasteiger partial charge on any atom is -0.317 e. The Labute approximate surface area is 139 Å². The lowest BCUT2D eigenvalue weighted by Gasteiger charge is -2.13. The second kappa shape index (κ2) is 18.9. The third-order valence-corrected chi connectivity index (χ3v) is 3.97. The van der Waals surface area contributed by atoms with Crippen LogP contribution in [0.1, 0.15) is 65.7 Å². The molecule has 0 saturated carbocycles. The maximum absolute atomic E-state index is 3.62. The van der Waals surface area contributed by atoms with E-state index in [0.717, 1.165) is 39.3 Å². The van der Waals surface area contributed by atoms with E-state index in [9.17, 15) is 0 Å². The molecule has 1 unspecified atom stereocenters. The van der Waals surface area contributed by atoms with Crippen LogP contribution in [0, 0.1) is 0 Å². The smallest absolute Gasteiger partial charge is 0.00387 e. The molecule has 0 saturated heterocycles. The van der Waals surface area contributed by atoms with Gasteiger partial charge in [0.2, 0.25) is 0 Å². The van der Waals surface area contributed by atoms with Crippen molar-refractivity contribution in [2.45, 2.75) is 71.8 Å². The zero-order chi connectivity index (χ0) is 16.3. The van der Waals surface area contributed by atoms with Crippen LogP contribution >= 0.6 is 0 Å². The van der Waals surface area contributed by atoms with Gasteiger partial charge in [-0.3, -0.25) is 0 Å². The van der Waals surface area contributed by atoms with Gasteiger partial charge in [0.05, 0.1) is 0 Å². The van der Waals surface area contributed by atoms with Gasteiger partial charge in [0.1, 0.15) is 0 Å². The van der Waals surface area contributed by atoms with Crippen LogP contribution in [-0.2, 0) is 0 Å². The van der Waals surface area contributed by atoms with E-state index >= 15 is 0 Å². The molecular formula is C18H42N4. The van der Waals surface area contributed by atoms with Gasteiger partial charge in [-0.2, -0.15) is 0 Å². The van der Waals surface area contributed by atoms with Crippen molar-refractivity contribution in [1.29, 1.82) is 0 Å². The van der Waals surface area contributed by atoms with Crippen molar-refractivity contribution in [3.63, 3.8) is 0 Å². The SMILES string of the molecule is CCNCCCNCCCCCCC(C)NCCCNCC. The molecule has 4 nitrogen and oxygen atoms in total. The van der Waals surface area contributed by atoms with E-state index in [0.29, 0.717) is 6.04 Å². The van der Waals surface area contributed by atoms with Gasteiger partial charge in [-0.1, -0.05) is 33.1 Å². The van der Waals surface area contributed by atoms with E-state index in [4.69, 9.17) is 0 Å². The van der Waals surface area contributed by atoms with Crippen molar-refractivity contribution in [1.82, 2.24) is 21.3 Å². The fraction of sp³-hybridized carbons (Fsp3) is 1.00. The van der Waals surface area contributed by atoms with Gasteiger partial charge < -0.3 is 21.3 Å². The summed E-state index contributed by atoms with van der Waals surface area (Å²) in [6.45, 7) is 14.6. The Bertz CT molecular complexity index is 200. The summed E-state index contributed by atoms with van der Waals surface area (Å²) in [7, 11) is 0. The summed E-state index contributed by atoms with van der Waals surface area (Å²) in [5.41, 5.74) is 0. The van der Waals surface area contributed by atoms with Crippen molar-refractivity contribution < 1.29 is 0 Å². The zero-order valence-electron chi connectivity index (χ0n) is 15.5. The molecule has 0 radical (unpaired) electrons. The summed E-state index contributed by atoms with van der Waals surface area (Å²) in [4.78, 5) is 0. The van der Waals surface area contributed by atoms with Gasteiger partial charge in [0, 0.05) is 6.04 Å². The lowest BCUT2D eigenvalue weighted by Crippen LogP contribution is -2.29. The predicted octanol–water partition coefficient (Wildman–Crippen LogP) is 2.50. The maximum atomic E-state index is 3.62. The maximum Gasteiger partial charge on any atom is 0.00387 e. The number of unbranched alkanes of at least 4 members (excludes halogenated alkanes) is 3. The van der Waals surface area contributed by atoms with Gasteiger partial charge in [0.15, 0.2) is 0 Å². The van der Waals surface area contributed by atoms with E-state index in [1.807, 2.05) is 0 Å². The monoisotopic (exact) mass is 314 g/mol. The van der Waals surface area contributed by atoms with Gasteiger partial charge in [0.25, 0.3) is 0 Å². The predicted molar refractivity (Wildman–Crippen MR) is 99.7 cm³/mol. The topological polar surface area (TPSA) is 48.1 Å². The van der Waals surface area contributed by atoms with Gasteiger partial charge in [-0.15, -0.1) is 0 Å². The van der Waals surface area contributed by atoms with Crippen molar-refractivity contribution in [3.05, 3.63) is 0 Å². The van der Waals surface area contributed by atoms with Crippen LogP contribution in [0.5, 0.6) is 0 Å². The third kappa shape index (κ3) is 17.9. The fourth-order valence-corrected chi connectivity index (χ4v) is 2.53. The summed E-state index contributed by atoms with van der Waals surface area (Å²) in [6, 6.07) is 0.672. The molecule has 0 aliphatic carbocycles. The molecule has 0 spiro atoms. The average Bonchev–Trinajstić information content (AvgIpc) is 2.52. The molecule has 0 aromatic heterocycles. The molecule has 0 aromatic rings. The number of nitrogens with one attached hydrogen (secondary N) is 4. The standard InChI is InChI=1S/C18H42N4/c1-4-19-14-10-16-21-13-9-7-6-8-12-18(3)22-17-11-15-20-5-2/h18-22H,4-17H2,1-3H3. The zero-order valence-corrected chi connectivity index (χ0v) is 15.5. The lowest BCUT2D eigenvalue weighted by atomic mass is 10.1. The Hall–Kier alpha value is -0.160. The van der Waals surface area contributed by atoms with Crippen LogP contribution in [0.25, 0.3) is 0 Å². The normalized spacial score (nSPS) is 12.7. The van der Waals surface area contributed by atoms with Crippen LogP contribution in [-0.4, -0.2) is 51.9 Å². The Morgan fingerprint density at radius 3 is 1.82 bits per heavy atom. The van der Waals surface area contributed by atoms with Crippen molar-refractivity contribution in [3.8, 4) is 0 Å². The van der Waals surface area contributed by atoms with Crippen LogP contribution < -0.4 is 21.3 Å². The molecule has 0 aliphatic heterocycles. The Kier molecular flexibility index (Phi) is 18.8. The van der Waals surface area contributed by atoms with E-state index in [-0.39, 0.29) is 0 Å². The molecule has 0 amide bonds. The third-order valence-electron chi connectivity index (χ3n) is 3.97. The molecule has 0 aliphatic rings. The Morgan fingerprint density at radius 1 is 0.591 bits per heavy atom. The fourth-order valence-electron chi connectivity index (χ4n) is 2.53. The van der Waals surface area contributed by atoms with Crippen molar-refractivity contribution >= 4 is 0 Å². The second-order valence-corrected chi connectivity index (χ2v) is 6.22. The molecule has 0 heterocycles. The molecule has 0 fully saturated rings. The number of rotatable bonds is 18. The first-order valence-electron chi connectivity index (χ1n) is 9.66. The molecule has 22 heavy (non-hydrogen) atoms. The molecule has 134 valence electrons. The van der Waals surface area contributed by atoms with Crippen molar-refractivity contribution in [2.24, 2.45) is 0 Å². The van der Waals surface area contributed by atoms with Gasteiger partial charge in [-0.25, -0.2) is 0 Å². The summed E-state index contributed by atoms with van der Waals surface area (Å²) in [6.07, 6.45) is 9.23. The van der Waals surface area contributed by atoms with Gasteiger partial charge in [-0.05, 0) is 78.4 Å². The molecule has 0 aromatic carbocycles. The van der Waals surface area contributed by atoms with E-state index in [2.05, 4.69) is 42.0 Å². The molecule has 0 rings (SSSR count). The van der Waals surface area contributed by atoms with Crippen LogP contribution in [0.2, 0.25) is 0 Å². The van der Waals surface area contributed by atoms with E-state index < -0.39 is 0 Å². The second-order valence-electron chi connectivity index (χ2n) is 6.22. The highest BCUT2D eigenvalue weighted by molar-refractivity contribution is 4.61. The Morgan fingerprint density at radius 2 is 1.14 bits per heavy atom. The highest BCUT2D eigenvalue weighted by atomic mass is 14.9. The highest BCUT2D eigenvalue weighted by Crippen LogP contribution is 2.05. The Balaban J connectivity index is 3.09. The molecule has 1 atom stereocenters. The lowest BCUT2D eigenvalue weighted by molar-refractivity contribution is 0.470. The van der Waals surface area contributed by atoms with Crippen LogP contribution in [0.15, 0.2) is 0 Å². The van der Waals surface area contributed by atoms with E-state index in [1.165, 1.54) is 51.5 Å². The first-order chi connectivity index (χ1) is 10.8. The first-order valence-corrected chi connectivity index (χ1v) is 9.66. The molecule has 0 bridgehead atoms.